The zero-order valence-corrected chi connectivity index (χ0v) is 20.7. The van der Waals surface area contributed by atoms with Gasteiger partial charge in [0.05, 0.1) is 14.2 Å². The van der Waals surface area contributed by atoms with Crippen molar-refractivity contribution in [3.63, 3.8) is 0 Å². The number of hydrogen-bond donors (Lipinski definition) is 2. The number of aliphatic hydroxyl groups is 1. The van der Waals surface area contributed by atoms with Gasteiger partial charge in [-0.1, -0.05) is 36.4 Å². The predicted molar refractivity (Wildman–Crippen MR) is 140 cm³/mol. The third-order valence-corrected chi connectivity index (χ3v) is 6.13. The van der Waals surface area contributed by atoms with E-state index in [0.29, 0.717) is 6.54 Å². The van der Waals surface area contributed by atoms with E-state index in [2.05, 4.69) is 40.3 Å². The second kappa shape index (κ2) is 11.8. The molecule has 0 saturated heterocycles. The van der Waals surface area contributed by atoms with E-state index in [1.165, 1.54) is 10.9 Å². The van der Waals surface area contributed by atoms with E-state index in [1.54, 1.807) is 14.2 Å². The first-order chi connectivity index (χ1) is 17.1. The maximum absolute atomic E-state index is 10.8. The van der Waals surface area contributed by atoms with Crippen LogP contribution in [0.25, 0.3) is 10.9 Å². The number of nitrogens with zero attached hydrogens (tertiary/aromatic N) is 1. The van der Waals surface area contributed by atoms with Crippen molar-refractivity contribution in [1.29, 1.82) is 0 Å². The molecule has 0 fully saturated rings. The van der Waals surface area contributed by atoms with Crippen molar-refractivity contribution in [3.8, 4) is 17.2 Å². The van der Waals surface area contributed by atoms with Crippen molar-refractivity contribution in [1.82, 2.24) is 9.88 Å². The van der Waals surface area contributed by atoms with E-state index < -0.39 is 6.10 Å². The van der Waals surface area contributed by atoms with Gasteiger partial charge in [0.1, 0.15) is 18.5 Å². The van der Waals surface area contributed by atoms with Gasteiger partial charge in [-0.25, -0.2) is 0 Å². The Balaban J connectivity index is 1.45. The Labute approximate surface area is 207 Å². The van der Waals surface area contributed by atoms with Crippen molar-refractivity contribution in [2.45, 2.75) is 26.0 Å². The van der Waals surface area contributed by atoms with E-state index >= 15 is 0 Å². The molecule has 1 heterocycles. The average molecular weight is 475 g/mol. The number of methoxy groups -OCH3 is 2. The second-order valence-corrected chi connectivity index (χ2v) is 8.82. The van der Waals surface area contributed by atoms with E-state index in [-0.39, 0.29) is 6.61 Å². The fraction of sp³-hybridized carbons (Fsp3) is 0.310. The van der Waals surface area contributed by atoms with Crippen LogP contribution in [0.4, 0.5) is 0 Å². The summed E-state index contributed by atoms with van der Waals surface area (Å²) in [7, 11) is 3.29. The largest absolute Gasteiger partial charge is 0.493 e. The number of hydrogen-bond acceptors (Lipinski definition) is 5. The lowest BCUT2D eigenvalue weighted by atomic mass is 10.1. The SMILES string of the molecule is COc1ccc(CCN(Cc2c[nH]c3ccccc23)CC(O)COc2cccc(C)c2)cc1OC. The van der Waals surface area contributed by atoms with Crippen molar-refractivity contribution < 1.29 is 19.3 Å². The molecule has 0 amide bonds. The number of benzene rings is 3. The molecular weight excluding hydrogens is 440 g/mol. The number of fused-ring (bicyclic) bond motifs is 1. The number of aryl methyl sites for hydroxylation is 1. The third kappa shape index (κ3) is 6.56. The molecular formula is C29H34N2O4. The Morgan fingerprint density at radius 3 is 2.57 bits per heavy atom. The highest BCUT2D eigenvalue weighted by atomic mass is 16.5. The molecule has 3 aromatic carbocycles. The Morgan fingerprint density at radius 1 is 0.943 bits per heavy atom. The summed E-state index contributed by atoms with van der Waals surface area (Å²) in [5, 5.41) is 12.0. The maximum Gasteiger partial charge on any atom is 0.160 e. The van der Waals surface area contributed by atoms with Gasteiger partial charge in [-0.05, 0) is 60.4 Å². The standard InChI is InChI=1S/C29H34N2O4/c1-21-7-6-8-25(15-21)35-20-24(32)19-31(18-23-17-30-27-10-5-4-9-26(23)27)14-13-22-11-12-28(33-2)29(16-22)34-3/h4-12,15-17,24,30,32H,13-14,18-20H2,1-3H3. The van der Waals surface area contributed by atoms with Crippen LogP contribution in [0.1, 0.15) is 16.7 Å². The van der Waals surface area contributed by atoms with Gasteiger partial charge in [0.15, 0.2) is 11.5 Å². The first-order valence-electron chi connectivity index (χ1n) is 11.9. The molecule has 4 aromatic rings. The highest BCUT2D eigenvalue weighted by Crippen LogP contribution is 2.28. The maximum atomic E-state index is 10.8. The van der Waals surface area contributed by atoms with Crippen LogP contribution in [-0.2, 0) is 13.0 Å². The molecule has 4 rings (SSSR count). The van der Waals surface area contributed by atoms with Crippen LogP contribution in [0, 0.1) is 6.92 Å². The number of rotatable bonds is 12. The minimum atomic E-state index is -0.619. The van der Waals surface area contributed by atoms with Gasteiger partial charge in [0.2, 0.25) is 0 Å². The lowest BCUT2D eigenvalue weighted by Gasteiger charge is -2.25. The highest BCUT2D eigenvalue weighted by Gasteiger charge is 2.16. The molecule has 0 radical (unpaired) electrons. The first kappa shape index (κ1) is 24.6. The third-order valence-electron chi connectivity index (χ3n) is 6.13. The minimum absolute atomic E-state index is 0.240. The smallest absolute Gasteiger partial charge is 0.160 e. The van der Waals surface area contributed by atoms with Crippen molar-refractivity contribution >= 4 is 10.9 Å². The number of H-pyrrole nitrogens is 1. The molecule has 0 saturated carbocycles. The average Bonchev–Trinajstić information content (AvgIpc) is 3.28. The first-order valence-corrected chi connectivity index (χ1v) is 11.9. The summed E-state index contributed by atoms with van der Waals surface area (Å²) in [6.45, 7) is 4.26. The normalized spacial score (nSPS) is 12.1. The zero-order chi connectivity index (χ0) is 24.6. The van der Waals surface area contributed by atoms with Crippen molar-refractivity contribution in [2.75, 3.05) is 33.9 Å². The van der Waals surface area contributed by atoms with E-state index in [1.807, 2.05) is 49.4 Å². The molecule has 0 bridgehead atoms. The van der Waals surface area contributed by atoms with Gasteiger partial charge in [-0.15, -0.1) is 0 Å². The summed E-state index contributed by atoms with van der Waals surface area (Å²) in [4.78, 5) is 5.63. The molecule has 0 aliphatic heterocycles. The molecule has 0 aliphatic rings. The summed E-state index contributed by atoms with van der Waals surface area (Å²) < 4.78 is 16.7. The molecule has 184 valence electrons. The predicted octanol–water partition coefficient (Wildman–Crippen LogP) is 4.98. The number of aliphatic hydroxyl groups excluding tert-OH is 1. The molecule has 1 atom stereocenters. The molecule has 6 nitrogen and oxygen atoms in total. The van der Waals surface area contributed by atoms with Crippen molar-refractivity contribution in [2.24, 2.45) is 0 Å². The number of para-hydroxylation sites is 1. The van der Waals surface area contributed by atoms with Crippen LogP contribution in [0.3, 0.4) is 0 Å². The molecule has 0 aliphatic carbocycles. The molecule has 1 aromatic heterocycles. The van der Waals surface area contributed by atoms with Crippen LogP contribution in [-0.4, -0.2) is 55.0 Å². The molecule has 2 N–H and O–H groups in total. The molecule has 6 heteroatoms. The van der Waals surface area contributed by atoms with Crippen LogP contribution in [0.15, 0.2) is 72.9 Å². The lowest BCUT2D eigenvalue weighted by Crippen LogP contribution is -2.36. The van der Waals surface area contributed by atoms with Gasteiger partial charge in [0, 0.05) is 36.7 Å². The molecule has 1 unspecified atom stereocenters. The summed E-state index contributed by atoms with van der Waals surface area (Å²) in [6.07, 6.45) is 2.25. The Bertz CT molecular complexity index is 1240. The van der Waals surface area contributed by atoms with Crippen LogP contribution in [0.2, 0.25) is 0 Å². The minimum Gasteiger partial charge on any atom is -0.493 e. The van der Waals surface area contributed by atoms with Crippen molar-refractivity contribution in [3.05, 3.63) is 89.6 Å². The van der Waals surface area contributed by atoms with Gasteiger partial charge in [0.25, 0.3) is 0 Å². The Hall–Kier alpha value is -3.48. The highest BCUT2D eigenvalue weighted by molar-refractivity contribution is 5.82. The lowest BCUT2D eigenvalue weighted by molar-refractivity contribution is 0.0660. The number of aromatic amines is 1. The number of nitrogens with one attached hydrogen (secondary N) is 1. The van der Waals surface area contributed by atoms with Gasteiger partial charge in [-0.2, -0.15) is 0 Å². The Morgan fingerprint density at radius 2 is 1.77 bits per heavy atom. The second-order valence-electron chi connectivity index (χ2n) is 8.82. The quantitative estimate of drug-likeness (QED) is 0.303. The topological polar surface area (TPSA) is 67.0 Å². The summed E-state index contributed by atoms with van der Waals surface area (Å²) >= 11 is 0. The number of aromatic nitrogens is 1. The van der Waals surface area contributed by atoms with Gasteiger partial charge < -0.3 is 24.3 Å². The van der Waals surface area contributed by atoms with E-state index in [4.69, 9.17) is 14.2 Å². The van der Waals surface area contributed by atoms with E-state index in [9.17, 15) is 5.11 Å². The fourth-order valence-electron chi connectivity index (χ4n) is 4.31. The van der Waals surface area contributed by atoms with E-state index in [0.717, 1.165) is 53.4 Å². The molecule has 35 heavy (non-hydrogen) atoms. The summed E-state index contributed by atoms with van der Waals surface area (Å²) in [6, 6.07) is 22.2. The summed E-state index contributed by atoms with van der Waals surface area (Å²) in [5.41, 5.74) is 4.61. The monoisotopic (exact) mass is 474 g/mol. The number of ether oxygens (including phenoxy) is 3. The van der Waals surface area contributed by atoms with Crippen LogP contribution in [0.5, 0.6) is 17.2 Å². The van der Waals surface area contributed by atoms with Gasteiger partial charge >= 0.3 is 0 Å². The molecule has 0 spiro atoms. The Kier molecular flexibility index (Phi) is 8.29. The van der Waals surface area contributed by atoms with Gasteiger partial charge in [-0.3, -0.25) is 4.90 Å². The van der Waals surface area contributed by atoms with Crippen LogP contribution >= 0.6 is 0 Å². The zero-order valence-electron chi connectivity index (χ0n) is 20.7. The summed E-state index contributed by atoms with van der Waals surface area (Å²) in [5.74, 6) is 2.22. The van der Waals surface area contributed by atoms with Crippen LogP contribution < -0.4 is 14.2 Å². The fourth-order valence-corrected chi connectivity index (χ4v) is 4.31.